The summed E-state index contributed by atoms with van der Waals surface area (Å²) in [6, 6.07) is 11.8. The van der Waals surface area contributed by atoms with Gasteiger partial charge in [-0.05, 0) is 92.7 Å². The zero-order chi connectivity index (χ0) is 19.5. The van der Waals surface area contributed by atoms with Crippen LogP contribution < -0.4 is 4.74 Å². The van der Waals surface area contributed by atoms with Crippen molar-refractivity contribution in [3.63, 3.8) is 0 Å². The summed E-state index contributed by atoms with van der Waals surface area (Å²) in [6.45, 7) is 6.87. The number of fused-ring (bicyclic) bond motifs is 3. The first-order valence-corrected chi connectivity index (χ1v) is 11.5. The Labute approximate surface area is 174 Å². The standard InChI is InChI=1S/C25H33N3O/c1-2-13-27(14-3-1)15-5-17-29-21-7-8-22-23(18-21)25-6-4-16-28(25)19-24(22)20-9-11-26-12-10-20/h7-12,18,24-25H,1-6,13-17,19H2/t24-,25-/m0/s1. The van der Waals surface area contributed by atoms with Crippen LogP contribution in [0.25, 0.3) is 0 Å². The predicted octanol–water partition coefficient (Wildman–Crippen LogP) is 4.62. The zero-order valence-corrected chi connectivity index (χ0v) is 17.4. The highest BCUT2D eigenvalue weighted by molar-refractivity contribution is 5.46. The van der Waals surface area contributed by atoms with Crippen LogP contribution in [0.5, 0.6) is 5.75 Å². The fourth-order valence-electron chi connectivity index (χ4n) is 5.52. The van der Waals surface area contributed by atoms with E-state index in [1.807, 2.05) is 12.4 Å². The van der Waals surface area contributed by atoms with Crippen molar-refractivity contribution in [3.8, 4) is 5.75 Å². The van der Waals surface area contributed by atoms with Gasteiger partial charge in [-0.25, -0.2) is 0 Å². The molecule has 1 aromatic carbocycles. The third kappa shape index (κ3) is 4.19. The number of nitrogens with zero attached hydrogens (tertiary/aromatic N) is 3. The highest BCUT2D eigenvalue weighted by atomic mass is 16.5. The predicted molar refractivity (Wildman–Crippen MR) is 116 cm³/mol. The van der Waals surface area contributed by atoms with Gasteiger partial charge in [0.2, 0.25) is 0 Å². The Morgan fingerprint density at radius 1 is 0.931 bits per heavy atom. The molecule has 0 bridgehead atoms. The van der Waals surface area contributed by atoms with Gasteiger partial charge in [0.1, 0.15) is 5.75 Å². The second-order valence-corrected chi connectivity index (χ2v) is 8.88. The van der Waals surface area contributed by atoms with Crippen molar-refractivity contribution >= 4 is 0 Å². The number of likely N-dealkylation sites (tertiary alicyclic amines) is 1. The molecule has 0 spiro atoms. The number of piperidine rings is 1. The number of pyridine rings is 1. The number of hydrogen-bond donors (Lipinski definition) is 0. The summed E-state index contributed by atoms with van der Waals surface area (Å²) >= 11 is 0. The minimum Gasteiger partial charge on any atom is -0.494 e. The van der Waals surface area contributed by atoms with Gasteiger partial charge >= 0.3 is 0 Å². The maximum Gasteiger partial charge on any atom is 0.119 e. The lowest BCUT2D eigenvalue weighted by Gasteiger charge is -2.37. The molecule has 2 atom stereocenters. The van der Waals surface area contributed by atoms with E-state index in [4.69, 9.17) is 4.74 Å². The molecule has 0 saturated carbocycles. The maximum absolute atomic E-state index is 6.20. The molecular formula is C25H33N3O. The fraction of sp³-hybridized carbons (Fsp3) is 0.560. The summed E-state index contributed by atoms with van der Waals surface area (Å²) in [7, 11) is 0. The summed E-state index contributed by atoms with van der Waals surface area (Å²) in [4.78, 5) is 9.48. The lowest BCUT2D eigenvalue weighted by molar-refractivity contribution is 0.204. The Hall–Kier alpha value is -1.91. The van der Waals surface area contributed by atoms with E-state index >= 15 is 0 Å². The van der Waals surface area contributed by atoms with Crippen molar-refractivity contribution in [3.05, 3.63) is 59.4 Å². The van der Waals surface area contributed by atoms with Gasteiger partial charge < -0.3 is 9.64 Å². The Morgan fingerprint density at radius 2 is 1.79 bits per heavy atom. The van der Waals surface area contributed by atoms with Crippen molar-refractivity contribution in [2.45, 2.75) is 50.5 Å². The largest absolute Gasteiger partial charge is 0.494 e. The Bertz CT molecular complexity index is 803. The van der Waals surface area contributed by atoms with Crippen LogP contribution in [0.15, 0.2) is 42.7 Å². The van der Waals surface area contributed by atoms with Crippen LogP contribution >= 0.6 is 0 Å². The Morgan fingerprint density at radius 3 is 2.66 bits per heavy atom. The molecule has 0 unspecified atom stereocenters. The van der Waals surface area contributed by atoms with E-state index in [0.717, 1.165) is 25.3 Å². The summed E-state index contributed by atoms with van der Waals surface area (Å²) in [5.41, 5.74) is 4.35. The highest BCUT2D eigenvalue weighted by Crippen LogP contribution is 2.45. The molecule has 2 fully saturated rings. The number of ether oxygens (including phenoxy) is 1. The third-order valence-corrected chi connectivity index (χ3v) is 7.02. The van der Waals surface area contributed by atoms with Crippen LogP contribution in [0.3, 0.4) is 0 Å². The van der Waals surface area contributed by atoms with Crippen LogP contribution in [0.4, 0.5) is 0 Å². The molecule has 154 valence electrons. The number of hydrogen-bond acceptors (Lipinski definition) is 4. The topological polar surface area (TPSA) is 28.6 Å². The molecule has 2 aromatic rings. The van der Waals surface area contributed by atoms with E-state index in [-0.39, 0.29) is 0 Å². The molecule has 4 heteroatoms. The van der Waals surface area contributed by atoms with Gasteiger partial charge in [0, 0.05) is 37.4 Å². The monoisotopic (exact) mass is 391 g/mol. The smallest absolute Gasteiger partial charge is 0.119 e. The Kier molecular flexibility index (Phi) is 5.82. The van der Waals surface area contributed by atoms with Gasteiger partial charge in [0.05, 0.1) is 6.61 Å². The first kappa shape index (κ1) is 19.1. The SMILES string of the molecule is c1cc([C@@H]2CN3CCC[C@H]3c3cc(OCCCN4CCCCC4)ccc32)ccn1. The minimum atomic E-state index is 0.440. The van der Waals surface area contributed by atoms with Crippen LogP contribution in [0.2, 0.25) is 0 Å². The van der Waals surface area contributed by atoms with Crippen LogP contribution in [-0.4, -0.2) is 54.1 Å². The first-order chi connectivity index (χ1) is 14.4. The molecule has 0 amide bonds. The van der Waals surface area contributed by atoms with Gasteiger partial charge in [-0.2, -0.15) is 0 Å². The summed E-state index contributed by atoms with van der Waals surface area (Å²) in [5, 5.41) is 0. The second-order valence-electron chi connectivity index (χ2n) is 8.88. The van der Waals surface area contributed by atoms with Gasteiger partial charge in [-0.1, -0.05) is 12.5 Å². The first-order valence-electron chi connectivity index (χ1n) is 11.5. The molecule has 0 radical (unpaired) electrons. The van der Waals surface area contributed by atoms with E-state index in [9.17, 15) is 0 Å². The fourth-order valence-corrected chi connectivity index (χ4v) is 5.52. The number of aromatic nitrogens is 1. The third-order valence-electron chi connectivity index (χ3n) is 7.02. The molecule has 4 nitrogen and oxygen atoms in total. The molecular weight excluding hydrogens is 358 g/mol. The molecule has 29 heavy (non-hydrogen) atoms. The van der Waals surface area contributed by atoms with E-state index in [0.29, 0.717) is 12.0 Å². The van der Waals surface area contributed by atoms with E-state index in [1.165, 1.54) is 75.0 Å². The van der Waals surface area contributed by atoms with Gasteiger partial charge in [0.25, 0.3) is 0 Å². The van der Waals surface area contributed by atoms with Crippen LogP contribution in [0.1, 0.15) is 67.2 Å². The molecule has 0 N–H and O–H groups in total. The average Bonchev–Trinajstić information content (AvgIpc) is 3.26. The molecule has 5 rings (SSSR count). The summed E-state index contributed by atoms with van der Waals surface area (Å²) in [6.07, 6.45) is 11.7. The molecule has 3 aliphatic rings. The molecule has 3 aliphatic heterocycles. The molecule has 0 aliphatic carbocycles. The van der Waals surface area contributed by atoms with Crippen molar-refractivity contribution in [2.75, 3.05) is 39.3 Å². The number of rotatable bonds is 6. The van der Waals surface area contributed by atoms with Crippen molar-refractivity contribution < 1.29 is 4.74 Å². The van der Waals surface area contributed by atoms with Crippen molar-refractivity contribution in [2.24, 2.45) is 0 Å². The quantitative estimate of drug-likeness (QED) is 0.672. The summed E-state index contributed by atoms with van der Waals surface area (Å²) < 4.78 is 6.20. The lowest BCUT2D eigenvalue weighted by atomic mass is 9.82. The van der Waals surface area contributed by atoms with E-state index in [1.54, 1.807) is 0 Å². The summed E-state index contributed by atoms with van der Waals surface area (Å²) in [5.74, 6) is 1.49. The second kappa shape index (κ2) is 8.85. The van der Waals surface area contributed by atoms with Crippen LogP contribution in [0, 0.1) is 0 Å². The molecule has 2 saturated heterocycles. The van der Waals surface area contributed by atoms with Crippen LogP contribution in [-0.2, 0) is 0 Å². The zero-order valence-electron chi connectivity index (χ0n) is 17.4. The average molecular weight is 392 g/mol. The lowest BCUT2D eigenvalue weighted by Crippen LogP contribution is -2.34. The molecule has 1 aromatic heterocycles. The van der Waals surface area contributed by atoms with Gasteiger partial charge in [-0.15, -0.1) is 0 Å². The van der Waals surface area contributed by atoms with Crippen molar-refractivity contribution in [1.29, 1.82) is 0 Å². The number of benzene rings is 1. The normalized spacial score (nSPS) is 24.8. The Balaban J connectivity index is 1.29. The molecule has 4 heterocycles. The van der Waals surface area contributed by atoms with E-state index < -0.39 is 0 Å². The maximum atomic E-state index is 6.20. The minimum absolute atomic E-state index is 0.440. The van der Waals surface area contributed by atoms with Crippen molar-refractivity contribution in [1.82, 2.24) is 14.8 Å². The van der Waals surface area contributed by atoms with Gasteiger partial charge in [0.15, 0.2) is 0 Å². The van der Waals surface area contributed by atoms with Gasteiger partial charge in [-0.3, -0.25) is 9.88 Å². The van der Waals surface area contributed by atoms with E-state index in [2.05, 4.69) is 45.1 Å². The highest BCUT2D eigenvalue weighted by Gasteiger charge is 2.36.